The quantitative estimate of drug-likeness (QED) is 0.773. The van der Waals surface area contributed by atoms with Gasteiger partial charge in [-0.25, -0.2) is 0 Å². The molecule has 0 saturated heterocycles. The second-order valence-electron chi connectivity index (χ2n) is 3.66. The van der Waals surface area contributed by atoms with Crippen LogP contribution in [0.5, 0.6) is 0 Å². The van der Waals surface area contributed by atoms with Gasteiger partial charge in [0.1, 0.15) is 0 Å². The summed E-state index contributed by atoms with van der Waals surface area (Å²) in [6.07, 6.45) is 3.88. The van der Waals surface area contributed by atoms with E-state index in [2.05, 4.69) is 36.2 Å². The summed E-state index contributed by atoms with van der Waals surface area (Å²) in [5, 5.41) is 3.48. The normalized spacial score (nSPS) is 12.9. The monoisotopic (exact) mass is 217 g/mol. The summed E-state index contributed by atoms with van der Waals surface area (Å²) in [4.78, 5) is 0. The van der Waals surface area contributed by atoms with Crippen molar-refractivity contribution >= 4 is 21.4 Å². The van der Waals surface area contributed by atoms with Crippen molar-refractivity contribution < 1.29 is 0 Å². The molecule has 0 aliphatic rings. The lowest BCUT2D eigenvalue weighted by Crippen LogP contribution is -2.08. The molecule has 0 amide bonds. The van der Waals surface area contributed by atoms with E-state index in [1.165, 1.54) is 15.6 Å². The Morgan fingerprint density at radius 1 is 1.40 bits per heavy atom. The molecule has 1 aromatic carbocycles. The summed E-state index contributed by atoms with van der Waals surface area (Å²) >= 11 is 1.77. The third-order valence-corrected chi connectivity index (χ3v) is 3.57. The molecule has 2 N–H and O–H groups in total. The van der Waals surface area contributed by atoms with Gasteiger partial charge in [-0.05, 0) is 35.2 Å². The van der Waals surface area contributed by atoms with Crippen molar-refractivity contribution in [1.29, 1.82) is 0 Å². The van der Waals surface area contributed by atoms with Gasteiger partial charge >= 0.3 is 0 Å². The maximum atomic E-state index is 6.15. The van der Waals surface area contributed by atoms with Crippen LogP contribution < -0.4 is 5.73 Å². The molecule has 0 unspecified atom stereocenters. The molecular formula is C13H15NS. The van der Waals surface area contributed by atoms with Gasteiger partial charge in [-0.15, -0.1) is 17.9 Å². The first-order valence-electron chi connectivity index (χ1n) is 5.15. The highest BCUT2D eigenvalue weighted by Crippen LogP contribution is 2.30. The molecule has 2 rings (SSSR count). The number of nitrogens with two attached hydrogens (primary N) is 1. The van der Waals surface area contributed by atoms with Crippen LogP contribution >= 0.6 is 11.3 Å². The molecule has 78 valence electrons. The maximum absolute atomic E-state index is 6.15. The third kappa shape index (κ3) is 2.11. The van der Waals surface area contributed by atoms with E-state index in [4.69, 9.17) is 5.73 Å². The van der Waals surface area contributed by atoms with Gasteiger partial charge in [-0.1, -0.05) is 24.3 Å². The Bertz CT molecular complexity index is 458. The topological polar surface area (TPSA) is 26.0 Å². The van der Waals surface area contributed by atoms with E-state index in [-0.39, 0.29) is 6.04 Å². The Labute approximate surface area is 94.2 Å². The van der Waals surface area contributed by atoms with Crippen molar-refractivity contribution in [3.05, 3.63) is 47.9 Å². The molecular weight excluding hydrogens is 202 g/mol. The zero-order valence-electron chi connectivity index (χ0n) is 8.65. The summed E-state index contributed by atoms with van der Waals surface area (Å²) in [5.74, 6) is 0. The van der Waals surface area contributed by atoms with Crippen LogP contribution in [-0.2, 0) is 0 Å². The zero-order valence-corrected chi connectivity index (χ0v) is 9.46. The van der Waals surface area contributed by atoms with E-state index in [0.29, 0.717) is 0 Å². The lowest BCUT2D eigenvalue weighted by Gasteiger charge is -2.08. The fourth-order valence-corrected chi connectivity index (χ4v) is 2.76. The van der Waals surface area contributed by atoms with Crippen LogP contribution in [0.3, 0.4) is 0 Å². The van der Waals surface area contributed by atoms with Gasteiger partial charge in [-0.2, -0.15) is 0 Å². The van der Waals surface area contributed by atoms with Crippen LogP contribution in [0.4, 0.5) is 0 Å². The van der Waals surface area contributed by atoms with E-state index in [1.807, 2.05) is 6.08 Å². The predicted molar refractivity (Wildman–Crippen MR) is 68.2 cm³/mol. The zero-order chi connectivity index (χ0) is 10.7. The molecule has 0 aliphatic heterocycles. The molecule has 1 aromatic heterocycles. The Morgan fingerprint density at radius 3 is 3.00 bits per heavy atom. The second-order valence-corrected chi connectivity index (χ2v) is 4.57. The van der Waals surface area contributed by atoms with Crippen LogP contribution in [0.2, 0.25) is 0 Å². The molecule has 1 nitrogen and oxygen atoms in total. The largest absolute Gasteiger partial charge is 0.324 e. The summed E-state index contributed by atoms with van der Waals surface area (Å²) in [7, 11) is 0. The first-order valence-corrected chi connectivity index (χ1v) is 6.03. The molecule has 0 saturated carbocycles. The lowest BCUT2D eigenvalue weighted by molar-refractivity contribution is 0.668. The van der Waals surface area contributed by atoms with Crippen LogP contribution in [-0.4, -0.2) is 0 Å². The van der Waals surface area contributed by atoms with Crippen molar-refractivity contribution in [2.24, 2.45) is 5.73 Å². The molecule has 2 heteroatoms. The van der Waals surface area contributed by atoms with Gasteiger partial charge in [0.15, 0.2) is 0 Å². The summed E-state index contributed by atoms with van der Waals surface area (Å²) in [6, 6.07) is 8.56. The minimum absolute atomic E-state index is 0.138. The molecule has 0 radical (unpaired) electrons. The maximum Gasteiger partial charge on any atom is 0.0346 e. The van der Waals surface area contributed by atoms with Gasteiger partial charge in [0.25, 0.3) is 0 Å². The number of thiophene rings is 1. The fourth-order valence-electron chi connectivity index (χ4n) is 1.74. The van der Waals surface area contributed by atoms with E-state index in [1.54, 1.807) is 11.3 Å². The Balaban J connectivity index is 2.30. The lowest BCUT2D eigenvalue weighted by atomic mass is 10.0. The standard InChI is InChI=1S/C13H15NS/c1-2-3-7-12(14)11-9-15-13-8-5-4-6-10(11)13/h2,4-6,8-9,12H,1,3,7,14H2/t12-/m0/s1. The molecule has 1 heterocycles. The highest BCUT2D eigenvalue weighted by molar-refractivity contribution is 7.17. The van der Waals surface area contributed by atoms with Crippen LogP contribution in [0.1, 0.15) is 24.4 Å². The number of hydrogen-bond donors (Lipinski definition) is 1. The average Bonchev–Trinajstić information content (AvgIpc) is 2.69. The van der Waals surface area contributed by atoms with E-state index in [0.717, 1.165) is 12.8 Å². The van der Waals surface area contributed by atoms with Gasteiger partial charge in [0.05, 0.1) is 0 Å². The van der Waals surface area contributed by atoms with Crippen LogP contribution in [0, 0.1) is 0 Å². The summed E-state index contributed by atoms with van der Waals surface area (Å²) in [5.41, 5.74) is 7.43. The van der Waals surface area contributed by atoms with Crippen molar-refractivity contribution in [3.63, 3.8) is 0 Å². The van der Waals surface area contributed by atoms with Gasteiger partial charge in [0.2, 0.25) is 0 Å². The average molecular weight is 217 g/mol. The van der Waals surface area contributed by atoms with Crippen molar-refractivity contribution in [3.8, 4) is 0 Å². The fraction of sp³-hybridized carbons (Fsp3) is 0.231. The first kappa shape index (κ1) is 10.4. The number of allylic oxidation sites excluding steroid dienone is 1. The van der Waals surface area contributed by atoms with Gasteiger partial charge in [0, 0.05) is 10.7 Å². The molecule has 0 aliphatic carbocycles. The first-order chi connectivity index (χ1) is 7.33. The summed E-state index contributed by atoms with van der Waals surface area (Å²) < 4.78 is 1.32. The Hall–Kier alpha value is -1.12. The molecule has 0 fully saturated rings. The highest BCUT2D eigenvalue weighted by atomic mass is 32.1. The van der Waals surface area contributed by atoms with E-state index < -0.39 is 0 Å². The van der Waals surface area contributed by atoms with Crippen LogP contribution in [0.25, 0.3) is 10.1 Å². The third-order valence-electron chi connectivity index (χ3n) is 2.59. The summed E-state index contributed by atoms with van der Waals surface area (Å²) in [6.45, 7) is 3.72. The van der Waals surface area contributed by atoms with Crippen molar-refractivity contribution in [2.45, 2.75) is 18.9 Å². The minimum Gasteiger partial charge on any atom is -0.324 e. The van der Waals surface area contributed by atoms with Gasteiger partial charge < -0.3 is 5.73 Å². The second kappa shape index (κ2) is 4.60. The SMILES string of the molecule is C=CCC[C@H](N)c1csc2ccccc12. The van der Waals surface area contributed by atoms with Crippen molar-refractivity contribution in [2.75, 3.05) is 0 Å². The molecule has 1 atom stereocenters. The van der Waals surface area contributed by atoms with E-state index in [9.17, 15) is 0 Å². The van der Waals surface area contributed by atoms with Gasteiger partial charge in [-0.3, -0.25) is 0 Å². The van der Waals surface area contributed by atoms with E-state index >= 15 is 0 Å². The van der Waals surface area contributed by atoms with Crippen molar-refractivity contribution in [1.82, 2.24) is 0 Å². The number of benzene rings is 1. The number of rotatable bonds is 4. The molecule has 0 bridgehead atoms. The smallest absolute Gasteiger partial charge is 0.0346 e. The number of hydrogen-bond acceptors (Lipinski definition) is 2. The highest BCUT2D eigenvalue weighted by Gasteiger charge is 2.10. The Morgan fingerprint density at radius 2 is 2.20 bits per heavy atom. The molecule has 15 heavy (non-hydrogen) atoms. The number of fused-ring (bicyclic) bond motifs is 1. The minimum atomic E-state index is 0.138. The molecule has 2 aromatic rings. The Kier molecular flexibility index (Phi) is 3.19. The van der Waals surface area contributed by atoms with Crippen LogP contribution in [0.15, 0.2) is 42.3 Å². The molecule has 0 spiro atoms. The predicted octanol–water partition coefficient (Wildman–Crippen LogP) is 3.87.